The van der Waals surface area contributed by atoms with Crippen molar-refractivity contribution in [2.75, 3.05) is 7.11 Å². The standard InChI is InChI=1S/C10H9FO4/c1-15-10(14)8(13)5-6-3-2-4-7(12)9(6)11/h2-4,12H,5H2,1H3. The Hall–Kier alpha value is -1.91. The summed E-state index contributed by atoms with van der Waals surface area (Å²) in [6.45, 7) is 0. The molecule has 0 saturated heterocycles. The summed E-state index contributed by atoms with van der Waals surface area (Å²) in [6.07, 6.45) is -0.424. The number of benzene rings is 1. The van der Waals surface area contributed by atoms with Gasteiger partial charge in [0.05, 0.1) is 7.11 Å². The first kappa shape index (κ1) is 11.2. The fourth-order valence-corrected chi connectivity index (χ4v) is 1.06. The fourth-order valence-electron chi connectivity index (χ4n) is 1.06. The van der Waals surface area contributed by atoms with Crippen molar-refractivity contribution >= 4 is 11.8 Å². The highest BCUT2D eigenvalue weighted by Gasteiger charge is 2.17. The molecule has 1 aromatic carbocycles. The molecule has 0 spiro atoms. The Bertz CT molecular complexity index is 400. The van der Waals surface area contributed by atoms with E-state index in [0.717, 1.165) is 13.2 Å². The lowest BCUT2D eigenvalue weighted by atomic mass is 10.1. The van der Waals surface area contributed by atoms with Gasteiger partial charge < -0.3 is 9.84 Å². The molecular weight excluding hydrogens is 203 g/mol. The van der Waals surface area contributed by atoms with Gasteiger partial charge in [-0.05, 0) is 11.6 Å². The van der Waals surface area contributed by atoms with Crippen molar-refractivity contribution in [1.82, 2.24) is 0 Å². The summed E-state index contributed by atoms with van der Waals surface area (Å²) in [7, 11) is 1.07. The fraction of sp³-hybridized carbons (Fsp3) is 0.200. The third-order valence-corrected chi connectivity index (χ3v) is 1.82. The average molecular weight is 212 g/mol. The van der Waals surface area contributed by atoms with Crippen molar-refractivity contribution in [3.63, 3.8) is 0 Å². The largest absolute Gasteiger partial charge is 0.505 e. The van der Waals surface area contributed by atoms with Crippen LogP contribution in [-0.4, -0.2) is 24.0 Å². The van der Waals surface area contributed by atoms with Crippen molar-refractivity contribution in [2.24, 2.45) is 0 Å². The topological polar surface area (TPSA) is 63.6 Å². The van der Waals surface area contributed by atoms with Gasteiger partial charge in [0.2, 0.25) is 5.78 Å². The van der Waals surface area contributed by atoms with E-state index in [1.807, 2.05) is 0 Å². The number of rotatable bonds is 3. The summed E-state index contributed by atoms with van der Waals surface area (Å²) in [4.78, 5) is 21.8. The Labute approximate surface area is 85.3 Å². The molecule has 0 aromatic heterocycles. The van der Waals surface area contributed by atoms with Gasteiger partial charge in [-0.15, -0.1) is 0 Å². The average Bonchev–Trinajstić information content (AvgIpc) is 2.23. The van der Waals surface area contributed by atoms with Crippen LogP contribution in [0.3, 0.4) is 0 Å². The number of hydrogen-bond donors (Lipinski definition) is 1. The van der Waals surface area contributed by atoms with Crippen LogP contribution < -0.4 is 0 Å². The maximum atomic E-state index is 13.2. The van der Waals surface area contributed by atoms with Crippen LogP contribution in [0.15, 0.2) is 18.2 Å². The predicted octanol–water partition coefficient (Wildman–Crippen LogP) is 0.816. The number of phenols is 1. The lowest BCUT2D eigenvalue weighted by molar-refractivity contribution is -0.151. The molecule has 15 heavy (non-hydrogen) atoms. The van der Waals surface area contributed by atoms with Crippen molar-refractivity contribution in [1.29, 1.82) is 0 Å². The van der Waals surface area contributed by atoms with E-state index in [1.54, 1.807) is 0 Å². The Morgan fingerprint density at radius 1 is 1.47 bits per heavy atom. The van der Waals surface area contributed by atoms with Gasteiger partial charge in [-0.25, -0.2) is 9.18 Å². The summed E-state index contributed by atoms with van der Waals surface area (Å²) < 4.78 is 17.4. The first-order valence-electron chi connectivity index (χ1n) is 4.13. The van der Waals surface area contributed by atoms with Crippen molar-refractivity contribution < 1.29 is 23.8 Å². The Kier molecular flexibility index (Phi) is 3.38. The molecule has 0 amide bonds. The van der Waals surface area contributed by atoms with E-state index in [4.69, 9.17) is 5.11 Å². The zero-order valence-corrected chi connectivity index (χ0v) is 7.99. The molecule has 0 aliphatic carbocycles. The quantitative estimate of drug-likeness (QED) is 0.595. The zero-order chi connectivity index (χ0) is 11.4. The molecule has 0 bridgehead atoms. The zero-order valence-electron chi connectivity index (χ0n) is 7.99. The summed E-state index contributed by atoms with van der Waals surface area (Å²) in [6, 6.07) is 3.86. The highest BCUT2D eigenvalue weighted by Crippen LogP contribution is 2.19. The third-order valence-electron chi connectivity index (χ3n) is 1.82. The Balaban J connectivity index is 2.86. The van der Waals surface area contributed by atoms with Gasteiger partial charge >= 0.3 is 5.97 Å². The molecule has 5 heteroatoms. The minimum absolute atomic E-state index is 0.0367. The van der Waals surface area contributed by atoms with Crippen LogP contribution in [0.1, 0.15) is 5.56 Å². The van der Waals surface area contributed by atoms with Crippen LogP contribution in [0.2, 0.25) is 0 Å². The molecule has 1 N–H and O–H groups in total. The number of ketones is 1. The van der Waals surface area contributed by atoms with Crippen LogP contribution in [0.25, 0.3) is 0 Å². The molecule has 0 saturated carbocycles. The van der Waals surface area contributed by atoms with Gasteiger partial charge in [0, 0.05) is 6.42 Å². The molecule has 0 aliphatic rings. The van der Waals surface area contributed by atoms with Gasteiger partial charge in [-0.2, -0.15) is 0 Å². The molecule has 0 heterocycles. The van der Waals surface area contributed by atoms with Gasteiger partial charge in [-0.1, -0.05) is 12.1 Å². The minimum atomic E-state index is -1.03. The molecule has 0 unspecified atom stereocenters. The van der Waals surface area contributed by atoms with Crippen LogP contribution >= 0.6 is 0 Å². The Morgan fingerprint density at radius 2 is 2.13 bits per heavy atom. The summed E-state index contributed by atoms with van der Waals surface area (Å²) in [5.41, 5.74) is -0.0367. The second kappa shape index (κ2) is 4.54. The first-order chi connectivity index (χ1) is 7.06. The second-order valence-electron chi connectivity index (χ2n) is 2.84. The molecule has 1 aromatic rings. The number of ether oxygens (including phenoxy) is 1. The van der Waals surface area contributed by atoms with Crippen molar-refractivity contribution in [2.45, 2.75) is 6.42 Å². The van der Waals surface area contributed by atoms with Gasteiger partial charge in [0.1, 0.15) is 0 Å². The second-order valence-corrected chi connectivity index (χ2v) is 2.84. The monoisotopic (exact) mass is 212 g/mol. The Morgan fingerprint density at radius 3 is 2.73 bits per heavy atom. The third kappa shape index (κ3) is 2.52. The van der Waals surface area contributed by atoms with Crippen molar-refractivity contribution in [3.05, 3.63) is 29.6 Å². The van der Waals surface area contributed by atoms with Crippen LogP contribution in [-0.2, 0) is 20.7 Å². The summed E-state index contributed by atoms with van der Waals surface area (Å²) in [5, 5.41) is 9.01. The van der Waals surface area contributed by atoms with E-state index in [1.165, 1.54) is 12.1 Å². The predicted molar refractivity (Wildman–Crippen MR) is 48.8 cm³/mol. The molecule has 0 radical (unpaired) electrons. The number of methoxy groups -OCH3 is 1. The number of carbonyl (C=O) groups is 2. The molecule has 1 rings (SSSR count). The van der Waals surface area contributed by atoms with E-state index in [2.05, 4.69) is 4.74 Å². The molecule has 80 valence electrons. The smallest absolute Gasteiger partial charge is 0.374 e. The van der Waals surface area contributed by atoms with E-state index in [9.17, 15) is 14.0 Å². The van der Waals surface area contributed by atoms with E-state index in [0.29, 0.717) is 0 Å². The van der Waals surface area contributed by atoms with Gasteiger partial charge in [0.15, 0.2) is 11.6 Å². The minimum Gasteiger partial charge on any atom is -0.505 e. The highest BCUT2D eigenvalue weighted by atomic mass is 19.1. The van der Waals surface area contributed by atoms with E-state index in [-0.39, 0.29) is 5.56 Å². The normalized spacial score (nSPS) is 9.73. The van der Waals surface area contributed by atoms with Gasteiger partial charge in [-0.3, -0.25) is 4.79 Å². The SMILES string of the molecule is COC(=O)C(=O)Cc1cccc(O)c1F. The van der Waals surface area contributed by atoms with Gasteiger partial charge in [0.25, 0.3) is 0 Å². The number of hydrogen-bond acceptors (Lipinski definition) is 4. The number of halogens is 1. The number of Topliss-reactive ketones (excluding diaryl/α,β-unsaturated/α-hetero) is 1. The maximum absolute atomic E-state index is 13.2. The molecule has 0 atom stereocenters. The van der Waals surface area contributed by atoms with E-state index >= 15 is 0 Å². The van der Waals surface area contributed by atoms with Crippen molar-refractivity contribution in [3.8, 4) is 5.75 Å². The maximum Gasteiger partial charge on any atom is 0.374 e. The summed E-state index contributed by atoms with van der Waals surface area (Å²) in [5.74, 6) is -3.33. The number of aromatic hydroxyl groups is 1. The van der Waals surface area contributed by atoms with Crippen LogP contribution in [0, 0.1) is 5.82 Å². The lowest BCUT2D eigenvalue weighted by Crippen LogP contribution is -2.18. The molecule has 0 aliphatic heterocycles. The number of esters is 1. The number of phenolic OH excluding ortho intramolecular Hbond substituents is 1. The van der Waals surface area contributed by atoms with E-state index < -0.39 is 29.7 Å². The van der Waals surface area contributed by atoms with Crippen LogP contribution in [0.5, 0.6) is 5.75 Å². The van der Waals surface area contributed by atoms with Crippen LogP contribution in [0.4, 0.5) is 4.39 Å². The lowest BCUT2D eigenvalue weighted by Gasteiger charge is -2.02. The molecular formula is C10H9FO4. The first-order valence-corrected chi connectivity index (χ1v) is 4.13. The highest BCUT2D eigenvalue weighted by molar-refractivity contribution is 6.34. The molecule has 0 fully saturated rings. The number of carbonyl (C=O) groups excluding carboxylic acids is 2. The summed E-state index contributed by atoms with van der Waals surface area (Å²) >= 11 is 0. The molecule has 4 nitrogen and oxygen atoms in total.